The van der Waals surface area contributed by atoms with Crippen molar-refractivity contribution in [3.8, 4) is 5.88 Å². The van der Waals surface area contributed by atoms with Crippen molar-refractivity contribution in [3.05, 3.63) is 17.4 Å². The predicted octanol–water partition coefficient (Wildman–Crippen LogP) is 1.19. The fraction of sp³-hybridized carbons (Fsp3) is 0.364. The first-order chi connectivity index (χ1) is 9.75. The van der Waals surface area contributed by atoms with Crippen LogP contribution in [-0.2, 0) is 4.57 Å². The first-order valence-electron chi connectivity index (χ1n) is 5.86. The number of ether oxygens (including phenoxy) is 1. The van der Waals surface area contributed by atoms with Gasteiger partial charge in [-0.3, -0.25) is 0 Å². The van der Waals surface area contributed by atoms with E-state index in [4.69, 9.17) is 27.9 Å². The zero-order valence-electron chi connectivity index (χ0n) is 11.6. The number of aromatic nitrogens is 2. The van der Waals surface area contributed by atoms with Gasteiger partial charge in [-0.25, -0.2) is 0 Å². The summed E-state index contributed by atoms with van der Waals surface area (Å²) >= 11 is 13.6. The van der Waals surface area contributed by atoms with Gasteiger partial charge in [0.05, 0.1) is 0 Å². The number of rotatable bonds is 3. The van der Waals surface area contributed by atoms with Crippen molar-refractivity contribution < 1.29 is 9.30 Å². The summed E-state index contributed by atoms with van der Waals surface area (Å²) in [5.41, 5.74) is 0.396. The number of hydrogen-bond acceptors (Lipinski definition) is 6. The zero-order chi connectivity index (χ0) is 15.8. The zero-order valence-corrected chi connectivity index (χ0v) is 16.4. The minimum absolute atomic E-state index is 0.187. The molecule has 2 unspecified atom stereocenters. The van der Waals surface area contributed by atoms with Gasteiger partial charge in [0.2, 0.25) is 0 Å². The number of halogens is 2. The molecule has 0 radical (unpaired) electrons. The van der Waals surface area contributed by atoms with Crippen LogP contribution in [0, 0.1) is 0 Å². The summed E-state index contributed by atoms with van der Waals surface area (Å²) in [7, 11) is -1.06. The van der Waals surface area contributed by atoms with E-state index in [2.05, 4.69) is 15.0 Å². The molecule has 1 aromatic rings. The van der Waals surface area contributed by atoms with Crippen molar-refractivity contribution in [2.45, 2.75) is 4.83 Å². The molecular formula is C11H14AsCl2N4O2P. The molecule has 2 heterocycles. The summed E-state index contributed by atoms with van der Waals surface area (Å²) in [4.78, 5) is 14.0. The monoisotopic (exact) mass is 410 g/mol. The quantitative estimate of drug-likeness (QED) is 0.425. The Labute approximate surface area is 141 Å². The molecule has 2 rings (SSSR count). The van der Waals surface area contributed by atoms with Gasteiger partial charge in [0, 0.05) is 0 Å². The number of methoxy groups -OCH3 is 1. The van der Waals surface area contributed by atoms with Gasteiger partial charge in [0.25, 0.3) is 0 Å². The van der Waals surface area contributed by atoms with Crippen LogP contribution in [0.1, 0.15) is 0 Å². The summed E-state index contributed by atoms with van der Waals surface area (Å²) in [6.07, 6.45) is 2.97. The van der Waals surface area contributed by atoms with Crippen LogP contribution in [0.5, 0.6) is 5.88 Å². The molecule has 0 amide bonds. The maximum absolute atomic E-state index is 12.1. The normalized spacial score (nSPS) is 19.1. The van der Waals surface area contributed by atoms with Gasteiger partial charge in [-0.1, -0.05) is 0 Å². The van der Waals surface area contributed by atoms with Crippen LogP contribution < -0.4 is 15.1 Å². The van der Waals surface area contributed by atoms with E-state index in [0.717, 1.165) is 0 Å². The van der Waals surface area contributed by atoms with Crippen LogP contribution in [0.4, 0.5) is 5.82 Å². The Bertz CT molecular complexity index is 676. The average molecular weight is 411 g/mol. The third-order valence-corrected chi connectivity index (χ3v) is 6.48. The van der Waals surface area contributed by atoms with Crippen molar-refractivity contribution in [2.75, 3.05) is 25.3 Å². The molecule has 0 aromatic carbocycles. The van der Waals surface area contributed by atoms with Crippen LogP contribution in [0.25, 0.3) is 0 Å². The molecule has 114 valence electrons. The summed E-state index contributed by atoms with van der Waals surface area (Å²) in [6.45, 7) is 3.24. The Morgan fingerprint density at radius 2 is 2.10 bits per heavy atom. The van der Waals surface area contributed by atoms with Crippen molar-refractivity contribution in [2.24, 2.45) is 4.99 Å². The molecule has 0 saturated carbocycles. The third-order valence-electron chi connectivity index (χ3n) is 2.74. The molecular weight excluding hydrogens is 397 g/mol. The van der Waals surface area contributed by atoms with Crippen LogP contribution in [0.2, 0.25) is 0 Å². The van der Waals surface area contributed by atoms with Gasteiger partial charge in [-0.2, -0.15) is 0 Å². The summed E-state index contributed by atoms with van der Waals surface area (Å²) in [5, 5.41) is 0.772. The Kier molecular flexibility index (Phi) is 5.04. The number of nitrogens with zero attached hydrogens (tertiary/aromatic N) is 4. The molecule has 21 heavy (non-hydrogen) atoms. The topological polar surface area (TPSA) is 67.7 Å². The second-order valence-electron chi connectivity index (χ2n) is 4.64. The van der Waals surface area contributed by atoms with E-state index in [0.29, 0.717) is 16.3 Å². The molecule has 0 aliphatic carbocycles. The molecule has 10 heteroatoms. The van der Waals surface area contributed by atoms with E-state index in [1.807, 2.05) is 0 Å². The van der Waals surface area contributed by atoms with Crippen molar-refractivity contribution >= 4 is 63.7 Å². The number of amidine groups is 1. The predicted molar refractivity (Wildman–Crippen MR) is 89.7 cm³/mol. The Hall–Kier alpha value is -0.542. The minimum atomic E-state index is -2.53. The second kappa shape index (κ2) is 6.29. The molecule has 1 aliphatic rings. The fourth-order valence-corrected chi connectivity index (χ4v) is 3.65. The molecule has 1 aliphatic heterocycles. The van der Waals surface area contributed by atoms with E-state index < -0.39 is 7.14 Å². The summed E-state index contributed by atoms with van der Waals surface area (Å²) in [5.74, 6) is 0.628. The average Bonchev–Trinajstić information content (AvgIpc) is 2.42. The van der Waals surface area contributed by atoms with Gasteiger partial charge in [0.1, 0.15) is 0 Å². The van der Waals surface area contributed by atoms with Gasteiger partial charge in [-0.05, 0) is 0 Å². The van der Waals surface area contributed by atoms with E-state index >= 15 is 0 Å². The van der Waals surface area contributed by atoms with Gasteiger partial charge >= 0.3 is 141 Å². The number of hydrogen-bond donors (Lipinski definition) is 0. The number of aliphatic imine (C=N–C) groups is 1. The van der Waals surface area contributed by atoms with E-state index in [1.165, 1.54) is 36.4 Å². The van der Waals surface area contributed by atoms with Crippen LogP contribution in [-0.4, -0.2) is 57.4 Å². The first kappa shape index (κ1) is 16.8. The summed E-state index contributed by atoms with van der Waals surface area (Å²) in [6, 6.07) is 0. The molecule has 0 fully saturated rings. The fourth-order valence-electron chi connectivity index (χ4n) is 1.63. The second-order valence-corrected chi connectivity index (χ2v) is 9.90. The Balaban J connectivity index is 2.52. The molecule has 1 aromatic heterocycles. The molecule has 2 atom stereocenters. The molecule has 6 nitrogen and oxygen atoms in total. The van der Waals surface area contributed by atoms with Crippen molar-refractivity contribution in [1.82, 2.24) is 9.97 Å². The SMILES string of the molecule is COc1nc(P(C)(C)=O)cnc1N1C(Cl)=NC=C(Cl)C1[AsH2]. The van der Waals surface area contributed by atoms with Gasteiger partial charge in [-0.15, -0.1) is 0 Å². The Morgan fingerprint density at radius 3 is 2.67 bits per heavy atom. The van der Waals surface area contributed by atoms with Crippen LogP contribution in [0.15, 0.2) is 22.4 Å². The summed E-state index contributed by atoms with van der Waals surface area (Å²) < 4.78 is 17.4. The van der Waals surface area contributed by atoms with Crippen LogP contribution >= 0.6 is 30.3 Å². The molecule has 0 saturated heterocycles. The van der Waals surface area contributed by atoms with E-state index in [-0.39, 0.29) is 16.0 Å². The number of anilines is 1. The molecule has 0 N–H and O–H groups in total. The van der Waals surface area contributed by atoms with Gasteiger partial charge in [0.15, 0.2) is 0 Å². The maximum atomic E-state index is 12.1. The third kappa shape index (κ3) is 3.45. The van der Waals surface area contributed by atoms with E-state index in [9.17, 15) is 4.57 Å². The van der Waals surface area contributed by atoms with Gasteiger partial charge < -0.3 is 0 Å². The Morgan fingerprint density at radius 1 is 1.43 bits per heavy atom. The molecule has 0 bridgehead atoms. The molecule has 0 spiro atoms. The first-order valence-corrected chi connectivity index (χ1v) is 10.6. The standard InChI is InChI=1S/C11H14AsCl2N4O2P/c1-20-10-9(15-5-7(17-10)21(2,3)19)18-8(12)6(13)4-16-11(18)14/h4-5,8H,12H2,1-3H3. The van der Waals surface area contributed by atoms with Crippen molar-refractivity contribution in [1.29, 1.82) is 0 Å². The van der Waals surface area contributed by atoms with E-state index in [1.54, 1.807) is 18.2 Å². The van der Waals surface area contributed by atoms with Crippen LogP contribution in [0.3, 0.4) is 0 Å². The van der Waals surface area contributed by atoms with Crippen molar-refractivity contribution in [3.63, 3.8) is 0 Å².